The standard InChI is InChI=1S/C14H14ClNO2S/c1-10-4-5-11(7-13(10)15)16-14(17)9-19-8-12-3-2-6-18-12/h2-7H,8-9H2,1H3,(H,16,17). The first-order valence-electron chi connectivity index (χ1n) is 5.81. The predicted molar refractivity (Wildman–Crippen MR) is 79.7 cm³/mol. The number of hydrogen-bond donors (Lipinski definition) is 1. The average molecular weight is 296 g/mol. The highest BCUT2D eigenvalue weighted by Gasteiger charge is 2.05. The second-order valence-corrected chi connectivity index (χ2v) is 5.48. The Morgan fingerprint density at radius 1 is 1.42 bits per heavy atom. The van der Waals surface area contributed by atoms with Crippen molar-refractivity contribution in [3.8, 4) is 0 Å². The molecule has 2 aromatic rings. The molecule has 1 heterocycles. The molecule has 0 fully saturated rings. The molecule has 0 atom stereocenters. The summed E-state index contributed by atoms with van der Waals surface area (Å²) in [4.78, 5) is 11.7. The van der Waals surface area contributed by atoms with Crippen molar-refractivity contribution in [2.24, 2.45) is 0 Å². The maximum Gasteiger partial charge on any atom is 0.234 e. The predicted octanol–water partition coefficient (Wildman–Crippen LogP) is 4.11. The van der Waals surface area contributed by atoms with Crippen molar-refractivity contribution in [1.29, 1.82) is 0 Å². The van der Waals surface area contributed by atoms with Crippen LogP contribution in [0.1, 0.15) is 11.3 Å². The van der Waals surface area contributed by atoms with Crippen molar-refractivity contribution in [1.82, 2.24) is 0 Å². The Morgan fingerprint density at radius 3 is 2.95 bits per heavy atom. The molecule has 0 aliphatic heterocycles. The lowest BCUT2D eigenvalue weighted by Gasteiger charge is -2.06. The van der Waals surface area contributed by atoms with E-state index < -0.39 is 0 Å². The summed E-state index contributed by atoms with van der Waals surface area (Å²) < 4.78 is 5.19. The van der Waals surface area contributed by atoms with E-state index in [1.54, 1.807) is 12.3 Å². The third kappa shape index (κ3) is 4.33. The van der Waals surface area contributed by atoms with Crippen LogP contribution in [0.25, 0.3) is 0 Å². The van der Waals surface area contributed by atoms with Crippen molar-refractivity contribution in [2.45, 2.75) is 12.7 Å². The lowest BCUT2D eigenvalue weighted by atomic mass is 10.2. The quantitative estimate of drug-likeness (QED) is 0.902. The molecular weight excluding hydrogens is 282 g/mol. The monoisotopic (exact) mass is 295 g/mol. The number of hydrogen-bond acceptors (Lipinski definition) is 3. The fourth-order valence-corrected chi connectivity index (χ4v) is 2.41. The first-order chi connectivity index (χ1) is 9.15. The Kier molecular flexibility index (Phi) is 4.93. The van der Waals surface area contributed by atoms with E-state index in [0.29, 0.717) is 16.5 Å². The van der Waals surface area contributed by atoms with Crippen molar-refractivity contribution in [3.63, 3.8) is 0 Å². The van der Waals surface area contributed by atoms with Gasteiger partial charge in [0.05, 0.1) is 17.8 Å². The number of anilines is 1. The largest absolute Gasteiger partial charge is 0.468 e. The summed E-state index contributed by atoms with van der Waals surface area (Å²) in [6.07, 6.45) is 1.63. The average Bonchev–Trinajstić information content (AvgIpc) is 2.87. The van der Waals surface area contributed by atoms with Gasteiger partial charge < -0.3 is 9.73 Å². The molecule has 100 valence electrons. The number of amides is 1. The highest BCUT2D eigenvalue weighted by Crippen LogP contribution is 2.20. The number of nitrogens with one attached hydrogen (secondary N) is 1. The summed E-state index contributed by atoms with van der Waals surface area (Å²) in [6.45, 7) is 1.92. The molecule has 2 rings (SSSR count). The molecule has 1 aromatic heterocycles. The molecule has 0 aliphatic carbocycles. The van der Waals surface area contributed by atoms with Gasteiger partial charge in [-0.1, -0.05) is 17.7 Å². The third-order valence-corrected chi connectivity index (χ3v) is 3.88. The fraction of sp³-hybridized carbons (Fsp3) is 0.214. The van der Waals surface area contributed by atoms with Gasteiger partial charge >= 0.3 is 0 Å². The first-order valence-corrected chi connectivity index (χ1v) is 7.34. The van der Waals surface area contributed by atoms with E-state index in [1.165, 1.54) is 11.8 Å². The van der Waals surface area contributed by atoms with Gasteiger partial charge in [-0.15, -0.1) is 11.8 Å². The molecule has 1 N–H and O–H groups in total. The Morgan fingerprint density at radius 2 is 2.26 bits per heavy atom. The third-order valence-electron chi connectivity index (χ3n) is 2.51. The number of benzene rings is 1. The van der Waals surface area contributed by atoms with Crippen LogP contribution >= 0.6 is 23.4 Å². The number of aryl methyl sites for hydroxylation is 1. The van der Waals surface area contributed by atoms with E-state index in [1.807, 2.05) is 31.2 Å². The van der Waals surface area contributed by atoms with E-state index in [-0.39, 0.29) is 5.91 Å². The molecule has 1 aromatic carbocycles. The lowest BCUT2D eigenvalue weighted by molar-refractivity contribution is -0.113. The van der Waals surface area contributed by atoms with Crippen molar-refractivity contribution in [3.05, 3.63) is 52.9 Å². The normalized spacial score (nSPS) is 10.4. The maximum atomic E-state index is 11.7. The highest BCUT2D eigenvalue weighted by atomic mass is 35.5. The first kappa shape index (κ1) is 14.0. The minimum Gasteiger partial charge on any atom is -0.468 e. The van der Waals surface area contributed by atoms with Gasteiger partial charge in [-0.05, 0) is 36.8 Å². The Bertz CT molecular complexity index is 555. The molecule has 0 unspecified atom stereocenters. The van der Waals surface area contributed by atoms with E-state index in [4.69, 9.17) is 16.0 Å². The minimum absolute atomic E-state index is 0.0449. The van der Waals surface area contributed by atoms with Crippen LogP contribution in [0.5, 0.6) is 0 Å². The molecule has 5 heteroatoms. The fourth-order valence-electron chi connectivity index (χ4n) is 1.51. The van der Waals surface area contributed by atoms with E-state index in [2.05, 4.69) is 5.32 Å². The number of thioether (sulfide) groups is 1. The Hall–Kier alpha value is -1.39. The van der Waals surface area contributed by atoms with Crippen molar-refractivity contribution in [2.75, 3.05) is 11.1 Å². The lowest BCUT2D eigenvalue weighted by Crippen LogP contribution is -2.14. The summed E-state index contributed by atoms with van der Waals surface area (Å²) in [5, 5.41) is 3.47. The SMILES string of the molecule is Cc1ccc(NC(=O)CSCc2ccco2)cc1Cl. The number of halogens is 1. The van der Waals surface area contributed by atoms with Crippen LogP contribution in [0.3, 0.4) is 0 Å². The van der Waals surface area contributed by atoms with Gasteiger partial charge in [0.25, 0.3) is 0 Å². The van der Waals surface area contributed by atoms with Crippen LogP contribution in [0.2, 0.25) is 5.02 Å². The summed E-state index contributed by atoms with van der Waals surface area (Å²) in [5.41, 5.74) is 1.71. The molecule has 0 spiro atoms. The van der Waals surface area contributed by atoms with Gasteiger partial charge in [0, 0.05) is 10.7 Å². The molecule has 0 saturated heterocycles. The summed E-state index contributed by atoms with van der Waals surface area (Å²) >= 11 is 7.51. The smallest absolute Gasteiger partial charge is 0.234 e. The summed E-state index contributed by atoms with van der Waals surface area (Å²) in [6, 6.07) is 9.21. The molecule has 0 aliphatic rings. The van der Waals surface area contributed by atoms with Gasteiger partial charge in [-0.25, -0.2) is 0 Å². The van der Waals surface area contributed by atoms with Crippen LogP contribution in [0, 0.1) is 6.92 Å². The zero-order valence-corrected chi connectivity index (χ0v) is 12.1. The zero-order valence-electron chi connectivity index (χ0n) is 10.5. The summed E-state index contributed by atoms with van der Waals surface area (Å²) in [5.74, 6) is 1.90. The van der Waals surface area contributed by atoms with E-state index in [0.717, 1.165) is 17.0 Å². The second kappa shape index (κ2) is 6.68. The van der Waals surface area contributed by atoms with Crippen LogP contribution in [-0.2, 0) is 10.5 Å². The molecule has 0 saturated carbocycles. The Labute approximate surface area is 121 Å². The molecule has 19 heavy (non-hydrogen) atoms. The van der Waals surface area contributed by atoms with Gasteiger partial charge in [0.1, 0.15) is 5.76 Å². The van der Waals surface area contributed by atoms with Crippen molar-refractivity contribution < 1.29 is 9.21 Å². The number of rotatable bonds is 5. The van der Waals surface area contributed by atoms with E-state index in [9.17, 15) is 4.79 Å². The second-order valence-electron chi connectivity index (χ2n) is 4.08. The Balaban J connectivity index is 1.79. The van der Waals surface area contributed by atoms with Crippen LogP contribution in [-0.4, -0.2) is 11.7 Å². The topological polar surface area (TPSA) is 42.2 Å². The van der Waals surface area contributed by atoms with Crippen LogP contribution in [0.4, 0.5) is 5.69 Å². The van der Waals surface area contributed by atoms with Crippen LogP contribution in [0.15, 0.2) is 41.0 Å². The number of carbonyl (C=O) groups is 1. The highest BCUT2D eigenvalue weighted by molar-refractivity contribution is 7.99. The van der Waals surface area contributed by atoms with Gasteiger partial charge in [-0.3, -0.25) is 4.79 Å². The molecule has 3 nitrogen and oxygen atoms in total. The van der Waals surface area contributed by atoms with Gasteiger partial charge in [0.2, 0.25) is 5.91 Å². The van der Waals surface area contributed by atoms with Crippen molar-refractivity contribution >= 4 is 35.0 Å². The summed E-state index contributed by atoms with van der Waals surface area (Å²) in [7, 11) is 0. The maximum absolute atomic E-state index is 11.7. The molecular formula is C14H14ClNO2S. The molecule has 0 bridgehead atoms. The number of furan rings is 1. The van der Waals surface area contributed by atoms with Crippen LogP contribution < -0.4 is 5.32 Å². The minimum atomic E-state index is -0.0449. The van der Waals surface area contributed by atoms with E-state index >= 15 is 0 Å². The van der Waals surface area contributed by atoms with Gasteiger partial charge in [-0.2, -0.15) is 0 Å². The zero-order chi connectivity index (χ0) is 13.7. The molecule has 0 radical (unpaired) electrons. The molecule has 1 amide bonds. The number of carbonyl (C=O) groups excluding carboxylic acids is 1. The van der Waals surface area contributed by atoms with Gasteiger partial charge in [0.15, 0.2) is 0 Å².